The number of carbonyl (C=O) groups excluding carboxylic acids is 2. The highest BCUT2D eigenvalue weighted by molar-refractivity contribution is 8.16. The first-order valence-corrected chi connectivity index (χ1v) is 13.0. The van der Waals surface area contributed by atoms with Gasteiger partial charge in [-0.25, -0.2) is 0 Å². The standard InChI is InChI=1S/C23H25N3O4S2/c27-21(24-17-10-4-1-5-11-17)16-20-22(28)26(18-12-6-2-7-13-18)23(31-20)25-32(29,30)19-14-8-3-9-15-19/h1,3-5,8-11,14-15,18,20H,2,6-7,12-13,16H2,(H,24,27)/t20-/m0/s1. The quantitative estimate of drug-likeness (QED) is 0.686. The summed E-state index contributed by atoms with van der Waals surface area (Å²) in [5.41, 5.74) is 0.651. The van der Waals surface area contributed by atoms with Gasteiger partial charge in [0.15, 0.2) is 5.17 Å². The van der Waals surface area contributed by atoms with Crippen LogP contribution in [-0.4, -0.2) is 41.6 Å². The van der Waals surface area contributed by atoms with E-state index < -0.39 is 15.3 Å². The molecule has 2 amide bonds. The highest BCUT2D eigenvalue weighted by Gasteiger charge is 2.43. The summed E-state index contributed by atoms with van der Waals surface area (Å²) in [7, 11) is -3.97. The van der Waals surface area contributed by atoms with Crippen LogP contribution in [0.5, 0.6) is 0 Å². The molecular formula is C23H25N3O4S2. The lowest BCUT2D eigenvalue weighted by Crippen LogP contribution is -2.42. The average molecular weight is 472 g/mol. The normalized spacial score (nSPS) is 21.1. The van der Waals surface area contributed by atoms with Gasteiger partial charge in [-0.3, -0.25) is 14.5 Å². The van der Waals surface area contributed by atoms with Crippen LogP contribution in [0.2, 0.25) is 0 Å². The Balaban J connectivity index is 1.58. The molecule has 1 aliphatic carbocycles. The Labute approximate surface area is 192 Å². The van der Waals surface area contributed by atoms with Gasteiger partial charge in [0.25, 0.3) is 10.0 Å². The van der Waals surface area contributed by atoms with Crippen molar-refractivity contribution in [3.8, 4) is 0 Å². The smallest absolute Gasteiger partial charge is 0.284 e. The van der Waals surface area contributed by atoms with Crippen LogP contribution in [0.3, 0.4) is 0 Å². The molecule has 0 aromatic heterocycles. The van der Waals surface area contributed by atoms with E-state index in [9.17, 15) is 18.0 Å². The number of benzene rings is 2. The summed E-state index contributed by atoms with van der Waals surface area (Å²) >= 11 is 1.07. The Morgan fingerprint density at radius 3 is 2.28 bits per heavy atom. The highest BCUT2D eigenvalue weighted by Crippen LogP contribution is 2.36. The molecule has 168 valence electrons. The van der Waals surface area contributed by atoms with E-state index in [1.807, 2.05) is 18.2 Å². The monoisotopic (exact) mass is 471 g/mol. The molecule has 1 saturated carbocycles. The molecule has 1 atom stereocenters. The van der Waals surface area contributed by atoms with Crippen molar-refractivity contribution in [2.75, 3.05) is 5.32 Å². The Bertz CT molecular complexity index is 1100. The molecule has 2 aliphatic rings. The van der Waals surface area contributed by atoms with Crippen LogP contribution < -0.4 is 5.32 Å². The number of carbonyl (C=O) groups is 2. The van der Waals surface area contributed by atoms with Gasteiger partial charge in [0.05, 0.1) is 4.90 Å². The zero-order chi connectivity index (χ0) is 22.6. The zero-order valence-corrected chi connectivity index (χ0v) is 19.1. The molecular weight excluding hydrogens is 446 g/mol. The summed E-state index contributed by atoms with van der Waals surface area (Å²) in [6, 6.07) is 16.9. The van der Waals surface area contributed by atoms with Crippen LogP contribution in [-0.2, 0) is 19.6 Å². The third kappa shape index (κ3) is 5.21. The number of amidine groups is 1. The number of hydrogen-bond acceptors (Lipinski definition) is 5. The van der Waals surface area contributed by atoms with Crippen molar-refractivity contribution in [1.82, 2.24) is 4.90 Å². The van der Waals surface area contributed by atoms with Gasteiger partial charge in [0.2, 0.25) is 11.8 Å². The lowest BCUT2D eigenvalue weighted by atomic mass is 9.94. The van der Waals surface area contributed by atoms with Gasteiger partial charge in [0.1, 0.15) is 5.25 Å². The van der Waals surface area contributed by atoms with E-state index in [1.54, 1.807) is 30.3 Å². The van der Waals surface area contributed by atoms with Crippen LogP contribution in [0.25, 0.3) is 0 Å². The van der Waals surface area contributed by atoms with Gasteiger partial charge in [-0.05, 0) is 37.1 Å². The first kappa shape index (κ1) is 22.5. The number of amides is 2. The maximum Gasteiger partial charge on any atom is 0.284 e. The Morgan fingerprint density at radius 1 is 1.00 bits per heavy atom. The molecule has 4 rings (SSSR count). The second-order valence-electron chi connectivity index (χ2n) is 7.89. The van der Waals surface area contributed by atoms with Crippen molar-refractivity contribution >= 4 is 44.5 Å². The van der Waals surface area contributed by atoms with E-state index in [1.165, 1.54) is 17.0 Å². The zero-order valence-electron chi connectivity index (χ0n) is 17.5. The van der Waals surface area contributed by atoms with E-state index in [-0.39, 0.29) is 34.3 Å². The second kappa shape index (κ2) is 9.87. The van der Waals surface area contributed by atoms with Crippen molar-refractivity contribution in [2.45, 2.75) is 54.7 Å². The summed E-state index contributed by atoms with van der Waals surface area (Å²) < 4.78 is 29.8. The predicted molar refractivity (Wildman–Crippen MR) is 126 cm³/mol. The molecule has 9 heteroatoms. The largest absolute Gasteiger partial charge is 0.326 e. The lowest BCUT2D eigenvalue weighted by Gasteiger charge is -2.30. The Hall–Kier alpha value is -2.65. The molecule has 1 heterocycles. The van der Waals surface area contributed by atoms with E-state index in [4.69, 9.17) is 0 Å². The lowest BCUT2D eigenvalue weighted by molar-refractivity contribution is -0.130. The number of sulfonamides is 1. The van der Waals surface area contributed by atoms with E-state index in [0.29, 0.717) is 5.69 Å². The van der Waals surface area contributed by atoms with Crippen LogP contribution in [0.4, 0.5) is 5.69 Å². The third-order valence-electron chi connectivity index (χ3n) is 5.57. The minimum atomic E-state index is -3.97. The van der Waals surface area contributed by atoms with Crippen LogP contribution in [0.15, 0.2) is 70.0 Å². The van der Waals surface area contributed by atoms with Crippen molar-refractivity contribution < 1.29 is 18.0 Å². The molecule has 2 aromatic rings. The van der Waals surface area contributed by atoms with E-state index in [2.05, 4.69) is 9.71 Å². The highest BCUT2D eigenvalue weighted by atomic mass is 32.2. The van der Waals surface area contributed by atoms with Crippen molar-refractivity contribution in [2.24, 2.45) is 4.40 Å². The summed E-state index contributed by atoms with van der Waals surface area (Å²) in [6.45, 7) is 0. The average Bonchev–Trinajstić information content (AvgIpc) is 3.09. The molecule has 7 nitrogen and oxygen atoms in total. The Morgan fingerprint density at radius 2 is 1.62 bits per heavy atom. The van der Waals surface area contributed by atoms with Crippen LogP contribution in [0.1, 0.15) is 38.5 Å². The van der Waals surface area contributed by atoms with Gasteiger partial charge in [0, 0.05) is 18.2 Å². The number of nitrogens with one attached hydrogen (secondary N) is 1. The first-order valence-electron chi connectivity index (χ1n) is 10.7. The van der Waals surface area contributed by atoms with Crippen molar-refractivity contribution in [3.63, 3.8) is 0 Å². The van der Waals surface area contributed by atoms with Gasteiger partial charge >= 0.3 is 0 Å². The molecule has 0 spiro atoms. The maximum atomic E-state index is 13.3. The number of hydrogen-bond donors (Lipinski definition) is 1. The summed E-state index contributed by atoms with van der Waals surface area (Å²) in [4.78, 5) is 27.4. The second-order valence-corrected chi connectivity index (χ2v) is 10.7. The fourth-order valence-corrected chi connectivity index (χ4v) is 6.43. The van der Waals surface area contributed by atoms with Crippen LogP contribution >= 0.6 is 11.8 Å². The van der Waals surface area contributed by atoms with Crippen molar-refractivity contribution in [1.29, 1.82) is 0 Å². The fourth-order valence-electron chi connectivity index (χ4n) is 4.00. The molecule has 32 heavy (non-hydrogen) atoms. The molecule has 0 radical (unpaired) electrons. The summed E-state index contributed by atoms with van der Waals surface area (Å²) in [6.07, 6.45) is 4.63. The number of rotatable bonds is 6. The SMILES string of the molecule is O=C(C[C@@H]1SC(=NS(=O)(=O)c2ccccc2)N(C2CCCCC2)C1=O)Nc1ccccc1. The van der Waals surface area contributed by atoms with Gasteiger partial charge in [-0.2, -0.15) is 8.42 Å². The molecule has 2 fully saturated rings. The number of para-hydroxylation sites is 1. The molecule has 1 N–H and O–H groups in total. The predicted octanol–water partition coefficient (Wildman–Crippen LogP) is 4.04. The summed E-state index contributed by atoms with van der Waals surface area (Å²) in [5.74, 6) is -0.537. The van der Waals surface area contributed by atoms with Gasteiger partial charge in [-0.15, -0.1) is 4.40 Å². The molecule has 0 bridgehead atoms. The minimum Gasteiger partial charge on any atom is -0.326 e. The Kier molecular flexibility index (Phi) is 6.95. The van der Waals surface area contributed by atoms with E-state index in [0.717, 1.165) is 43.9 Å². The maximum absolute atomic E-state index is 13.3. The number of nitrogens with zero attached hydrogens (tertiary/aromatic N) is 2. The van der Waals surface area contributed by atoms with Gasteiger partial charge in [-0.1, -0.05) is 67.4 Å². The third-order valence-corrected chi connectivity index (χ3v) is 8.12. The molecule has 0 unspecified atom stereocenters. The van der Waals surface area contributed by atoms with Crippen LogP contribution in [0, 0.1) is 0 Å². The molecule has 2 aromatic carbocycles. The number of anilines is 1. The summed E-state index contributed by atoms with van der Waals surface area (Å²) in [5, 5.41) is 2.26. The van der Waals surface area contributed by atoms with Gasteiger partial charge < -0.3 is 5.32 Å². The topological polar surface area (TPSA) is 95.9 Å². The minimum absolute atomic E-state index is 0.0496. The van der Waals surface area contributed by atoms with Crippen molar-refractivity contribution in [3.05, 3.63) is 60.7 Å². The number of thioether (sulfide) groups is 1. The molecule has 1 aliphatic heterocycles. The molecule has 1 saturated heterocycles. The fraction of sp³-hybridized carbons (Fsp3) is 0.348. The first-order chi connectivity index (χ1) is 15.4. The van der Waals surface area contributed by atoms with E-state index >= 15 is 0 Å².